The van der Waals surface area contributed by atoms with Crippen LogP contribution in [0.15, 0.2) is 48.5 Å². The highest BCUT2D eigenvalue weighted by molar-refractivity contribution is 7.77. The van der Waals surface area contributed by atoms with Gasteiger partial charge in [0.25, 0.3) is 0 Å². The van der Waals surface area contributed by atoms with Gasteiger partial charge in [-0.05, 0) is 121 Å². The van der Waals surface area contributed by atoms with Gasteiger partial charge < -0.3 is 27.2 Å². The molecule has 3 saturated carbocycles. The number of benzene rings is 2. The molecule has 2 N–H and O–H groups in total. The predicted octanol–water partition coefficient (Wildman–Crippen LogP) is 9.16. The van der Waals surface area contributed by atoms with Crippen molar-refractivity contribution in [2.75, 3.05) is 6.16 Å². The molecule has 3 fully saturated rings. The highest BCUT2D eigenvalue weighted by atomic mass is 79.9. The highest BCUT2D eigenvalue weighted by Crippen LogP contribution is 2.77. The van der Waals surface area contributed by atoms with Crippen LogP contribution >= 0.6 is 7.26 Å². The van der Waals surface area contributed by atoms with E-state index in [1.807, 2.05) is 35.0 Å². The Kier molecular flexibility index (Phi) is 15.4. The molecule has 7 heteroatoms. The monoisotopic (exact) mass is 751 g/mol. The maximum atomic E-state index is 10.6. The van der Waals surface area contributed by atoms with Gasteiger partial charge in [-0.1, -0.05) is 75.6 Å². The van der Waals surface area contributed by atoms with Crippen molar-refractivity contribution in [3.63, 3.8) is 0 Å². The predicted molar refractivity (Wildman–Crippen MR) is 204 cm³/mol. The number of rotatable bonds is 16. The third kappa shape index (κ3) is 9.70. The van der Waals surface area contributed by atoms with Crippen molar-refractivity contribution < 1.29 is 27.2 Å². The summed E-state index contributed by atoms with van der Waals surface area (Å²) in [4.78, 5) is 4.77. The summed E-state index contributed by atoms with van der Waals surface area (Å²) in [6.45, 7) is 0.750. The molecule has 3 aliphatic rings. The number of aromatic nitrogens is 3. The maximum Gasteiger partial charge on any atom is 0.185 e. The molecular formula is C42H63BrN3O2P. The molecular weight excluding hydrogens is 689 g/mol. The zero-order chi connectivity index (χ0) is 33.0. The molecule has 49 heavy (non-hydrogen) atoms. The number of unbranched alkanes of at least 4 members (excludes halogenated alkanes) is 7. The van der Waals surface area contributed by atoms with Crippen LogP contribution in [0.2, 0.25) is 0 Å². The quantitative estimate of drug-likeness (QED) is 0.113. The third-order valence-corrected chi connectivity index (χ3v) is 19.1. The van der Waals surface area contributed by atoms with Gasteiger partial charge in [0.2, 0.25) is 0 Å². The summed E-state index contributed by atoms with van der Waals surface area (Å²) in [5.74, 6) is 1.52. The molecule has 0 atom stereocenters. The van der Waals surface area contributed by atoms with Crippen molar-refractivity contribution in [1.29, 1.82) is 0 Å². The first-order chi connectivity index (χ1) is 23.7. The van der Waals surface area contributed by atoms with Gasteiger partial charge in [0.05, 0.1) is 34.3 Å². The Hall–Kier alpha value is -1.91. The van der Waals surface area contributed by atoms with Crippen LogP contribution in [0.5, 0.6) is 11.5 Å². The van der Waals surface area contributed by atoms with E-state index in [0.717, 1.165) is 29.9 Å². The fourth-order valence-electron chi connectivity index (χ4n) is 9.97. The van der Waals surface area contributed by atoms with E-state index >= 15 is 0 Å². The first kappa shape index (κ1) is 38.3. The Balaban J connectivity index is 0.00000468. The average Bonchev–Trinajstić information content (AvgIpc) is 3.55. The van der Waals surface area contributed by atoms with Crippen LogP contribution < -0.4 is 17.0 Å². The lowest BCUT2D eigenvalue weighted by Crippen LogP contribution is -3.00. The number of phenolic OH excluding ortho intramolecular Hbond substituents is 2. The molecule has 0 saturated heterocycles. The van der Waals surface area contributed by atoms with Crippen molar-refractivity contribution >= 4 is 7.26 Å². The second-order valence-electron chi connectivity index (χ2n) is 15.4. The molecule has 0 aliphatic heterocycles. The van der Waals surface area contributed by atoms with E-state index in [2.05, 4.69) is 0 Å². The fraction of sp³-hybridized carbons (Fsp3) is 0.667. The molecule has 0 unspecified atom stereocenters. The van der Waals surface area contributed by atoms with Crippen LogP contribution in [0.1, 0.15) is 148 Å². The zero-order valence-electron chi connectivity index (χ0n) is 30.1. The van der Waals surface area contributed by atoms with Crippen molar-refractivity contribution in [2.45, 2.75) is 171 Å². The largest absolute Gasteiger partial charge is 1.00 e. The Labute approximate surface area is 308 Å². The van der Waals surface area contributed by atoms with Gasteiger partial charge in [0.15, 0.2) is 11.6 Å². The molecule has 2 aromatic carbocycles. The van der Waals surface area contributed by atoms with Gasteiger partial charge >= 0.3 is 0 Å². The van der Waals surface area contributed by atoms with E-state index in [9.17, 15) is 10.2 Å². The number of halogens is 1. The minimum Gasteiger partial charge on any atom is -1.00 e. The summed E-state index contributed by atoms with van der Waals surface area (Å²) in [7, 11) is -0.916. The van der Waals surface area contributed by atoms with Crippen LogP contribution in [-0.4, -0.2) is 48.1 Å². The fourth-order valence-corrected chi connectivity index (χ4v) is 17.6. The van der Waals surface area contributed by atoms with E-state index in [4.69, 9.17) is 10.1 Å². The number of phenols is 2. The van der Waals surface area contributed by atoms with Crippen LogP contribution in [0.4, 0.5) is 0 Å². The van der Waals surface area contributed by atoms with E-state index in [1.165, 1.54) is 103 Å². The van der Waals surface area contributed by atoms with Crippen molar-refractivity contribution in [3.05, 3.63) is 48.5 Å². The third-order valence-electron chi connectivity index (χ3n) is 12.4. The van der Waals surface area contributed by atoms with Gasteiger partial charge in [0.1, 0.15) is 11.5 Å². The van der Waals surface area contributed by atoms with Gasteiger partial charge in [-0.25, -0.2) is 9.67 Å². The summed E-state index contributed by atoms with van der Waals surface area (Å²) in [6.07, 6.45) is 35.3. The van der Waals surface area contributed by atoms with Crippen LogP contribution in [0.25, 0.3) is 22.8 Å². The molecule has 1 heterocycles. The minimum atomic E-state index is -0.916. The number of para-hydroxylation sites is 2. The van der Waals surface area contributed by atoms with Gasteiger partial charge in [-0.3, -0.25) is 0 Å². The summed E-state index contributed by atoms with van der Waals surface area (Å²) in [5, 5.41) is 25.8. The van der Waals surface area contributed by atoms with Crippen LogP contribution in [0, 0.1) is 0 Å². The smallest absolute Gasteiger partial charge is 0.185 e. The van der Waals surface area contributed by atoms with E-state index < -0.39 is 7.26 Å². The van der Waals surface area contributed by atoms with E-state index in [1.54, 1.807) is 62.9 Å². The molecule has 1 aromatic heterocycles. The molecule has 5 nitrogen and oxygen atoms in total. The molecule has 0 spiro atoms. The second-order valence-corrected chi connectivity index (χ2v) is 20.1. The molecule has 3 aromatic rings. The maximum absolute atomic E-state index is 10.6. The lowest BCUT2D eigenvalue weighted by atomic mass is 9.99. The topological polar surface area (TPSA) is 71.2 Å². The first-order valence-corrected chi connectivity index (χ1v) is 22.2. The number of hydrogen-bond acceptors (Lipinski definition) is 4. The van der Waals surface area contributed by atoms with Crippen molar-refractivity contribution in [1.82, 2.24) is 14.8 Å². The lowest BCUT2D eigenvalue weighted by Gasteiger charge is -2.49. The SMILES string of the molecule is Oc1ccccc1-c1nc(-c2ccccc2O)n(CCCCCCCCCC[P+](C2CCCCC2)(C2CCCCC2)C2CCCCC2)n1.[Br-]. The van der Waals surface area contributed by atoms with Crippen LogP contribution in [0.3, 0.4) is 0 Å². The Morgan fingerprint density at radius 3 is 1.47 bits per heavy atom. The molecule has 0 bridgehead atoms. The standard InChI is InChI=1S/C42H62N3O2P.BrH/c46-39-30-18-16-28-37(39)41-43-42(38-29-17-19-31-40(38)47)45(44-41)32-20-5-3-1-2-4-6-21-33-48(34-22-10-7-11-23-34,35-24-12-8-13-25-35)36-26-14-9-15-27-36;/h16-19,28-31,34-36H,1-15,20-27,32-33H2,(H-,43,44,46,47);1H. The summed E-state index contributed by atoms with van der Waals surface area (Å²) in [6, 6.07) is 14.5. The van der Waals surface area contributed by atoms with Gasteiger partial charge in [-0.2, -0.15) is 5.10 Å². The number of aryl methyl sites for hydroxylation is 1. The molecule has 6 rings (SSSR count). The average molecular weight is 753 g/mol. The summed E-state index contributed by atoms with van der Waals surface area (Å²) >= 11 is 0. The first-order valence-electron chi connectivity index (χ1n) is 20.1. The van der Waals surface area contributed by atoms with Gasteiger partial charge in [-0.15, -0.1) is 0 Å². The Morgan fingerprint density at radius 1 is 0.551 bits per heavy atom. The zero-order valence-corrected chi connectivity index (χ0v) is 32.6. The Bertz CT molecular complexity index is 1350. The van der Waals surface area contributed by atoms with E-state index in [-0.39, 0.29) is 28.5 Å². The second kappa shape index (κ2) is 19.6. The normalized spacial score (nSPS) is 18.4. The minimum absolute atomic E-state index is 0. The van der Waals surface area contributed by atoms with E-state index in [0.29, 0.717) is 22.8 Å². The van der Waals surface area contributed by atoms with Gasteiger partial charge in [0, 0.05) is 13.8 Å². The molecule has 3 aliphatic carbocycles. The molecule has 270 valence electrons. The lowest BCUT2D eigenvalue weighted by molar-refractivity contribution is -0.0000120. The van der Waals surface area contributed by atoms with Crippen molar-refractivity contribution in [3.8, 4) is 34.3 Å². The number of hydrogen-bond donors (Lipinski definition) is 2. The highest BCUT2D eigenvalue weighted by Gasteiger charge is 2.56. The molecule has 0 radical (unpaired) electrons. The Morgan fingerprint density at radius 2 is 0.980 bits per heavy atom. The van der Waals surface area contributed by atoms with Crippen molar-refractivity contribution in [2.24, 2.45) is 0 Å². The van der Waals surface area contributed by atoms with Crippen LogP contribution in [-0.2, 0) is 6.54 Å². The number of aromatic hydroxyl groups is 2. The summed E-state index contributed by atoms with van der Waals surface area (Å²) < 4.78 is 1.91. The number of nitrogens with zero attached hydrogens (tertiary/aromatic N) is 3. The summed E-state index contributed by atoms with van der Waals surface area (Å²) in [5.41, 5.74) is 4.67. The molecule has 0 amide bonds.